The molecule has 6 nitrogen and oxygen atoms in total. The van der Waals surface area contributed by atoms with Crippen molar-refractivity contribution in [3.05, 3.63) is 20.7 Å². The van der Waals surface area contributed by atoms with Gasteiger partial charge in [0.2, 0.25) is 0 Å². The Kier molecular flexibility index (Phi) is 3.48. The summed E-state index contributed by atoms with van der Waals surface area (Å²) in [5, 5.41) is 11.7. The number of hydrogen-bond acceptors (Lipinski definition) is 5. The molecule has 0 radical (unpaired) electrons. The van der Waals surface area contributed by atoms with Gasteiger partial charge in [-0.15, -0.1) is 0 Å². The molecule has 1 atom stereocenters. The fourth-order valence-corrected chi connectivity index (χ4v) is 1.56. The fraction of sp³-hybridized carbons (Fsp3) is 0.571. The van der Waals surface area contributed by atoms with Crippen molar-refractivity contribution in [1.29, 1.82) is 0 Å². The van der Waals surface area contributed by atoms with Gasteiger partial charge in [-0.2, -0.15) is 4.98 Å². The molecule has 0 amide bonds. The SMILES string of the molecule is C[C@H](O)CSc1nc(=O)c(=O)[nH]n1C. The summed E-state index contributed by atoms with van der Waals surface area (Å²) in [7, 11) is 1.58. The molecule has 14 heavy (non-hydrogen) atoms. The molecule has 0 saturated carbocycles. The first-order chi connectivity index (χ1) is 6.50. The van der Waals surface area contributed by atoms with E-state index in [4.69, 9.17) is 5.11 Å². The molecule has 0 bridgehead atoms. The average Bonchev–Trinajstić information content (AvgIpc) is 2.09. The van der Waals surface area contributed by atoms with E-state index in [0.717, 1.165) is 0 Å². The van der Waals surface area contributed by atoms with Gasteiger partial charge in [0.1, 0.15) is 0 Å². The zero-order chi connectivity index (χ0) is 10.7. The molecule has 0 unspecified atom stereocenters. The van der Waals surface area contributed by atoms with Gasteiger partial charge >= 0.3 is 11.1 Å². The number of rotatable bonds is 3. The topological polar surface area (TPSA) is 88.0 Å². The van der Waals surface area contributed by atoms with Crippen LogP contribution >= 0.6 is 11.8 Å². The molecule has 0 spiro atoms. The molecule has 0 aliphatic carbocycles. The summed E-state index contributed by atoms with van der Waals surface area (Å²) >= 11 is 1.21. The largest absolute Gasteiger partial charge is 0.393 e. The van der Waals surface area contributed by atoms with Gasteiger partial charge in [-0.05, 0) is 6.92 Å². The number of H-pyrrole nitrogens is 1. The molecule has 0 fully saturated rings. The third kappa shape index (κ3) is 2.71. The lowest BCUT2D eigenvalue weighted by Crippen LogP contribution is -2.34. The Labute approximate surface area is 84.0 Å². The van der Waals surface area contributed by atoms with Gasteiger partial charge in [-0.3, -0.25) is 19.4 Å². The van der Waals surface area contributed by atoms with E-state index in [1.165, 1.54) is 16.4 Å². The van der Waals surface area contributed by atoms with Gasteiger partial charge in [-0.25, -0.2) is 0 Å². The number of nitrogens with zero attached hydrogens (tertiary/aromatic N) is 2. The Bertz CT molecular complexity index is 423. The molecule has 78 valence electrons. The van der Waals surface area contributed by atoms with E-state index in [1.54, 1.807) is 14.0 Å². The first-order valence-electron chi connectivity index (χ1n) is 3.99. The number of hydrogen-bond donors (Lipinski definition) is 2. The summed E-state index contributed by atoms with van der Waals surface area (Å²) < 4.78 is 1.36. The number of aromatic nitrogens is 3. The van der Waals surface area contributed by atoms with Crippen molar-refractivity contribution in [2.45, 2.75) is 18.2 Å². The van der Waals surface area contributed by atoms with Crippen LogP contribution in [-0.4, -0.2) is 31.7 Å². The second kappa shape index (κ2) is 4.43. The van der Waals surface area contributed by atoms with E-state index < -0.39 is 17.2 Å². The van der Waals surface area contributed by atoms with E-state index in [0.29, 0.717) is 10.9 Å². The predicted molar refractivity (Wildman–Crippen MR) is 52.5 cm³/mol. The first-order valence-corrected chi connectivity index (χ1v) is 4.97. The molecule has 1 rings (SSSR count). The Morgan fingerprint density at radius 1 is 1.64 bits per heavy atom. The normalized spacial score (nSPS) is 12.8. The molecule has 0 aliphatic heterocycles. The minimum atomic E-state index is -0.809. The first kappa shape index (κ1) is 11.0. The summed E-state index contributed by atoms with van der Waals surface area (Å²) in [6.45, 7) is 1.64. The summed E-state index contributed by atoms with van der Waals surface area (Å²) in [6.07, 6.45) is -0.483. The highest BCUT2D eigenvalue weighted by Crippen LogP contribution is 2.11. The van der Waals surface area contributed by atoms with Gasteiger partial charge in [-0.1, -0.05) is 11.8 Å². The number of thioether (sulfide) groups is 1. The molecule has 0 saturated heterocycles. The average molecular weight is 217 g/mol. The van der Waals surface area contributed by atoms with E-state index >= 15 is 0 Å². The Morgan fingerprint density at radius 2 is 2.29 bits per heavy atom. The van der Waals surface area contributed by atoms with Crippen LogP contribution in [0.1, 0.15) is 6.92 Å². The van der Waals surface area contributed by atoms with Crippen LogP contribution in [0, 0.1) is 0 Å². The van der Waals surface area contributed by atoms with E-state index in [9.17, 15) is 9.59 Å². The molecule has 1 aromatic heterocycles. The molecule has 2 N–H and O–H groups in total. The van der Waals surface area contributed by atoms with Crippen molar-refractivity contribution in [3.63, 3.8) is 0 Å². The van der Waals surface area contributed by atoms with Gasteiger partial charge in [0.05, 0.1) is 6.10 Å². The summed E-state index contributed by atoms with van der Waals surface area (Å²) in [6, 6.07) is 0. The fourth-order valence-electron chi connectivity index (χ4n) is 0.785. The second-order valence-corrected chi connectivity index (χ2v) is 3.85. The maximum Gasteiger partial charge on any atom is 0.339 e. The van der Waals surface area contributed by atoms with Crippen molar-refractivity contribution in [2.24, 2.45) is 7.05 Å². The quantitative estimate of drug-likeness (QED) is 0.498. The monoisotopic (exact) mass is 217 g/mol. The lowest BCUT2D eigenvalue weighted by molar-refractivity contribution is 0.220. The molecule has 0 aromatic carbocycles. The Balaban J connectivity index is 2.93. The minimum absolute atomic E-state index is 0.385. The van der Waals surface area contributed by atoms with E-state index in [-0.39, 0.29) is 0 Å². The van der Waals surface area contributed by atoms with Crippen LogP contribution in [0.2, 0.25) is 0 Å². The second-order valence-electron chi connectivity index (χ2n) is 2.86. The van der Waals surface area contributed by atoms with Crippen LogP contribution in [-0.2, 0) is 7.05 Å². The van der Waals surface area contributed by atoms with Gasteiger partial charge < -0.3 is 5.11 Å². The van der Waals surface area contributed by atoms with E-state index in [1.807, 2.05) is 0 Å². The number of aryl methyl sites for hydroxylation is 1. The third-order valence-corrected chi connectivity index (χ3v) is 2.67. The smallest absolute Gasteiger partial charge is 0.339 e. The lowest BCUT2D eigenvalue weighted by atomic mass is 10.5. The third-order valence-electron chi connectivity index (χ3n) is 1.40. The summed E-state index contributed by atoms with van der Waals surface area (Å²) in [5.74, 6) is 0.423. The highest BCUT2D eigenvalue weighted by Gasteiger charge is 2.05. The van der Waals surface area contributed by atoms with Crippen LogP contribution in [0.4, 0.5) is 0 Å². The van der Waals surface area contributed by atoms with Crippen molar-refractivity contribution in [2.75, 3.05) is 5.75 Å². The molecule has 0 aliphatic rings. The van der Waals surface area contributed by atoms with Crippen molar-refractivity contribution in [3.8, 4) is 0 Å². The van der Waals surface area contributed by atoms with Crippen LogP contribution in [0.3, 0.4) is 0 Å². The molecular weight excluding hydrogens is 206 g/mol. The van der Waals surface area contributed by atoms with Gasteiger partial charge in [0.25, 0.3) is 0 Å². The Hall–Kier alpha value is -1.08. The highest BCUT2D eigenvalue weighted by atomic mass is 32.2. The summed E-state index contributed by atoms with van der Waals surface area (Å²) in [5.41, 5.74) is -1.55. The zero-order valence-corrected chi connectivity index (χ0v) is 8.67. The maximum absolute atomic E-state index is 10.9. The lowest BCUT2D eigenvalue weighted by Gasteiger charge is -2.06. The molecule has 1 heterocycles. The molecular formula is C7H11N3O3S. The van der Waals surface area contributed by atoms with Crippen LogP contribution < -0.4 is 11.1 Å². The van der Waals surface area contributed by atoms with Gasteiger partial charge in [0.15, 0.2) is 5.16 Å². The van der Waals surface area contributed by atoms with Crippen molar-refractivity contribution in [1.82, 2.24) is 14.8 Å². The molecule has 1 aromatic rings. The van der Waals surface area contributed by atoms with Crippen LogP contribution in [0.5, 0.6) is 0 Å². The summed E-state index contributed by atoms with van der Waals surface area (Å²) in [4.78, 5) is 25.3. The number of aliphatic hydroxyl groups excluding tert-OH is 1. The predicted octanol–water partition coefficient (Wildman–Crippen LogP) is -1.06. The molecule has 7 heteroatoms. The number of aromatic amines is 1. The highest BCUT2D eigenvalue weighted by molar-refractivity contribution is 7.99. The number of nitrogens with one attached hydrogen (secondary N) is 1. The van der Waals surface area contributed by atoms with Crippen molar-refractivity contribution >= 4 is 11.8 Å². The minimum Gasteiger partial charge on any atom is -0.393 e. The number of aliphatic hydroxyl groups is 1. The standard InChI is InChI=1S/C7H11N3O3S/c1-4(11)3-14-7-8-5(12)6(13)9-10(7)2/h4,11H,3H2,1-2H3,(H,9,13)/t4-/m0/s1. The maximum atomic E-state index is 10.9. The van der Waals surface area contributed by atoms with E-state index in [2.05, 4.69) is 10.1 Å². The zero-order valence-electron chi connectivity index (χ0n) is 7.85. The van der Waals surface area contributed by atoms with Crippen molar-refractivity contribution < 1.29 is 5.11 Å². The Morgan fingerprint density at radius 3 is 2.86 bits per heavy atom. The van der Waals surface area contributed by atoms with Crippen LogP contribution in [0.25, 0.3) is 0 Å². The van der Waals surface area contributed by atoms with Crippen LogP contribution in [0.15, 0.2) is 14.7 Å². The van der Waals surface area contributed by atoms with Gasteiger partial charge in [0, 0.05) is 12.8 Å².